The van der Waals surface area contributed by atoms with E-state index in [0.29, 0.717) is 0 Å². The predicted molar refractivity (Wildman–Crippen MR) is 149 cm³/mol. The summed E-state index contributed by atoms with van der Waals surface area (Å²) >= 11 is 4.93. The van der Waals surface area contributed by atoms with Crippen LogP contribution in [-0.2, 0) is 66.5 Å². The Morgan fingerprint density at radius 3 is 1.29 bits per heavy atom. The second kappa shape index (κ2) is 34.3. The third-order valence-corrected chi connectivity index (χ3v) is 3.74. The highest BCUT2D eigenvalue weighted by Gasteiger charge is 2.19. The molecule has 0 saturated carbocycles. The molecule has 1 aliphatic heterocycles. The highest BCUT2D eigenvalue weighted by Crippen LogP contribution is 2.04. The van der Waals surface area contributed by atoms with E-state index in [1.54, 1.807) is 14.1 Å². The fraction of sp³-hybridized carbons (Fsp3) is 0.636. The van der Waals surface area contributed by atoms with Gasteiger partial charge in [0.25, 0.3) is 0 Å². The molecule has 16 nitrogen and oxygen atoms in total. The standard InChI is InChI=1S/C7H13NO3.C5H7ClO3.C5H8O4.C4H4O3.CH4O.Cl2OS/c1-8(2)6(9)4-5-7(10)11-3;2*1-9-5(8)3-2-4(6)7;5-3-1-2-4(6)7-3;1-2;1-4(2)3/h4-5H2,1-3H3;2-3H2,1H3;2-3H2,1H3,(H,6,7);1-2H2;2H,1H3;. The lowest BCUT2D eigenvalue weighted by Crippen LogP contribution is -2.22. The van der Waals surface area contributed by atoms with Gasteiger partial charge in [0.1, 0.15) is 0 Å². The summed E-state index contributed by atoms with van der Waals surface area (Å²) in [7, 11) is 15.5. The van der Waals surface area contributed by atoms with Crippen molar-refractivity contribution in [2.75, 3.05) is 42.5 Å². The van der Waals surface area contributed by atoms with E-state index in [1.165, 1.54) is 26.2 Å². The zero-order valence-corrected chi connectivity index (χ0v) is 26.9. The predicted octanol–water partition coefficient (Wildman–Crippen LogP) is 1.26. The molecule has 20 heteroatoms. The molecule has 0 atom stereocenters. The Hall–Kier alpha value is -2.86. The summed E-state index contributed by atoms with van der Waals surface area (Å²) in [6.07, 6.45) is 0.816. The van der Waals surface area contributed by atoms with Crippen molar-refractivity contribution in [2.24, 2.45) is 0 Å². The number of halogens is 3. The SMILES string of the molecule is CO.COC(=O)CCC(=O)Cl.COC(=O)CCC(=O)N(C)C.COC(=O)CCC(=O)O.O=C1CCC(=O)O1.O=S(Cl)Cl. The molecule has 42 heavy (non-hydrogen) atoms. The molecule has 0 aromatic carbocycles. The average Bonchev–Trinajstić information content (AvgIpc) is 3.32. The van der Waals surface area contributed by atoms with E-state index < -0.39 is 44.3 Å². The number of aliphatic carboxylic acids is 1. The average molecular weight is 693 g/mol. The highest BCUT2D eigenvalue weighted by atomic mass is 36.0. The molecule has 1 saturated heterocycles. The first-order valence-corrected chi connectivity index (χ1v) is 14.3. The number of carbonyl (C=O) groups excluding carboxylic acids is 7. The van der Waals surface area contributed by atoms with Crippen LogP contribution in [0.25, 0.3) is 0 Å². The van der Waals surface area contributed by atoms with E-state index in [9.17, 15) is 38.4 Å². The summed E-state index contributed by atoms with van der Waals surface area (Å²) < 4.78 is 26.0. The lowest BCUT2D eigenvalue weighted by molar-refractivity contribution is -0.152. The third-order valence-electron chi connectivity index (χ3n) is 3.55. The van der Waals surface area contributed by atoms with Crippen LogP contribution in [0.15, 0.2) is 0 Å². The number of cyclic esters (lactones) is 2. The molecule has 1 amide bonds. The number of ether oxygens (including phenoxy) is 4. The first-order chi connectivity index (χ1) is 19.4. The van der Waals surface area contributed by atoms with Gasteiger partial charge >= 0.3 is 35.8 Å². The Kier molecular flexibility index (Phi) is 39.9. The molecule has 1 fully saturated rings. The number of carbonyl (C=O) groups is 8. The molecule has 246 valence electrons. The minimum absolute atomic E-state index is 0.0498. The van der Waals surface area contributed by atoms with Crippen molar-refractivity contribution in [2.45, 2.75) is 51.4 Å². The van der Waals surface area contributed by atoms with Crippen molar-refractivity contribution in [1.82, 2.24) is 4.90 Å². The molecule has 0 radical (unpaired) electrons. The molecule has 1 heterocycles. The number of aliphatic hydroxyl groups is 1. The van der Waals surface area contributed by atoms with Gasteiger partial charge in [0, 0.05) is 55.4 Å². The van der Waals surface area contributed by atoms with Crippen molar-refractivity contribution in [1.29, 1.82) is 0 Å². The molecule has 0 aliphatic carbocycles. The summed E-state index contributed by atoms with van der Waals surface area (Å²) in [6.45, 7) is 0. The van der Waals surface area contributed by atoms with Gasteiger partial charge in [-0.2, -0.15) is 0 Å². The van der Waals surface area contributed by atoms with Crippen LogP contribution in [0.5, 0.6) is 0 Å². The number of aliphatic hydroxyl groups excluding tert-OH is 1. The van der Waals surface area contributed by atoms with Crippen molar-refractivity contribution >= 4 is 89.2 Å². The van der Waals surface area contributed by atoms with E-state index in [4.69, 9.17) is 26.0 Å². The summed E-state index contributed by atoms with van der Waals surface area (Å²) in [5, 5.41) is 14.5. The molecule has 0 spiro atoms. The summed E-state index contributed by atoms with van der Waals surface area (Å²) in [5.74, 6) is -3.09. The Bertz CT molecular complexity index is 822. The fourth-order valence-electron chi connectivity index (χ4n) is 1.58. The number of amides is 1. The molecule has 0 aromatic rings. The van der Waals surface area contributed by atoms with Crippen LogP contribution in [-0.4, -0.2) is 109 Å². The van der Waals surface area contributed by atoms with E-state index in [1.807, 2.05) is 0 Å². The minimum atomic E-state index is -1.67. The Labute approximate surface area is 259 Å². The molecule has 1 rings (SSSR count). The topological polar surface area (TPSA) is 234 Å². The molecular formula is C22H36Cl3NO15S. The smallest absolute Gasteiger partial charge is 0.314 e. The van der Waals surface area contributed by atoms with Gasteiger partial charge in [-0.05, 0) is 11.6 Å². The number of nitrogens with zero attached hydrogens (tertiary/aromatic N) is 1. The minimum Gasteiger partial charge on any atom is -0.481 e. The molecule has 0 unspecified atom stereocenters. The first-order valence-electron chi connectivity index (χ1n) is 11.2. The fourth-order valence-corrected chi connectivity index (χ4v) is 1.68. The zero-order valence-electron chi connectivity index (χ0n) is 23.8. The van der Waals surface area contributed by atoms with Gasteiger partial charge in [-0.25, -0.2) is 4.21 Å². The van der Waals surface area contributed by atoms with Crippen molar-refractivity contribution in [3.8, 4) is 0 Å². The highest BCUT2D eigenvalue weighted by molar-refractivity contribution is 8.26. The van der Waals surface area contributed by atoms with Crippen LogP contribution < -0.4 is 0 Å². The van der Waals surface area contributed by atoms with Crippen LogP contribution in [0.2, 0.25) is 0 Å². The summed E-state index contributed by atoms with van der Waals surface area (Å²) in [6, 6.07) is 0. The first kappa shape index (κ1) is 48.8. The number of rotatable bonds is 9. The van der Waals surface area contributed by atoms with Gasteiger partial charge in [-0.1, -0.05) is 0 Å². The lowest BCUT2D eigenvalue weighted by atomic mass is 10.3. The maximum absolute atomic E-state index is 10.9. The Morgan fingerprint density at radius 1 is 0.762 bits per heavy atom. The van der Waals surface area contributed by atoms with Gasteiger partial charge in [0.15, 0.2) is 0 Å². The van der Waals surface area contributed by atoms with Gasteiger partial charge in [0.2, 0.25) is 20.4 Å². The van der Waals surface area contributed by atoms with Gasteiger partial charge in [0.05, 0.1) is 59.9 Å². The maximum atomic E-state index is 10.9. The van der Waals surface area contributed by atoms with E-state index >= 15 is 0 Å². The van der Waals surface area contributed by atoms with Crippen LogP contribution in [0.3, 0.4) is 0 Å². The molecule has 0 aromatic heterocycles. The van der Waals surface area contributed by atoms with Crippen molar-refractivity contribution < 1.29 is 71.7 Å². The Balaban J connectivity index is -0.000000137. The quantitative estimate of drug-likeness (QED) is 0.150. The number of esters is 5. The van der Waals surface area contributed by atoms with Crippen LogP contribution >= 0.6 is 33.0 Å². The molecular weight excluding hydrogens is 657 g/mol. The maximum Gasteiger partial charge on any atom is 0.314 e. The number of methoxy groups -OCH3 is 3. The van der Waals surface area contributed by atoms with E-state index in [-0.39, 0.29) is 63.2 Å². The van der Waals surface area contributed by atoms with E-state index in [2.05, 4.69) is 40.3 Å². The molecule has 2 N–H and O–H groups in total. The van der Waals surface area contributed by atoms with Gasteiger partial charge in [-0.15, -0.1) is 0 Å². The second-order valence-electron chi connectivity index (χ2n) is 6.80. The second-order valence-corrected chi connectivity index (χ2v) is 9.74. The number of hydrogen-bond donors (Lipinski definition) is 2. The number of carboxylic acids is 1. The van der Waals surface area contributed by atoms with Crippen molar-refractivity contribution in [3.63, 3.8) is 0 Å². The van der Waals surface area contributed by atoms with Crippen LogP contribution in [0.1, 0.15) is 51.4 Å². The summed E-state index contributed by atoms with van der Waals surface area (Å²) in [4.78, 5) is 83.2. The normalized spacial score (nSPS) is 10.4. The Morgan fingerprint density at radius 2 is 1.07 bits per heavy atom. The van der Waals surface area contributed by atoms with Crippen molar-refractivity contribution in [3.05, 3.63) is 0 Å². The molecule has 0 bridgehead atoms. The van der Waals surface area contributed by atoms with E-state index in [0.717, 1.165) is 7.11 Å². The van der Waals surface area contributed by atoms with Gasteiger partial charge in [-0.3, -0.25) is 38.4 Å². The third kappa shape index (κ3) is 50.0. The van der Waals surface area contributed by atoms with Crippen LogP contribution in [0.4, 0.5) is 0 Å². The largest absolute Gasteiger partial charge is 0.481 e. The molecule has 1 aliphatic rings. The monoisotopic (exact) mass is 691 g/mol. The zero-order chi connectivity index (χ0) is 34.3. The number of carboxylic acid groups (broad SMARTS) is 1. The summed E-state index contributed by atoms with van der Waals surface area (Å²) in [5.41, 5.74) is 0. The van der Waals surface area contributed by atoms with Gasteiger partial charge < -0.3 is 34.1 Å². The van der Waals surface area contributed by atoms with Crippen LogP contribution in [0, 0.1) is 0 Å². The lowest BCUT2D eigenvalue weighted by Gasteiger charge is -2.08. The number of hydrogen-bond acceptors (Lipinski definition) is 14.